The minimum Gasteiger partial charge on any atom is -0.375 e. The van der Waals surface area contributed by atoms with Crippen molar-refractivity contribution in [3.05, 3.63) is 0 Å². The highest BCUT2D eigenvalue weighted by molar-refractivity contribution is 5.76. The molecule has 5 heteroatoms. The fraction of sp³-hybridized carbons (Fsp3) is 0.947. The second kappa shape index (κ2) is 9.16. The molecule has 0 aromatic heterocycles. The van der Waals surface area contributed by atoms with Gasteiger partial charge in [-0.2, -0.15) is 0 Å². The first kappa shape index (κ1) is 21.4. The molecule has 142 valence electrons. The first-order chi connectivity index (χ1) is 11.1. The average Bonchev–Trinajstić information content (AvgIpc) is 2.52. The van der Waals surface area contributed by atoms with Gasteiger partial charge >= 0.3 is 0 Å². The molecule has 1 fully saturated rings. The maximum atomic E-state index is 12.4. The SMILES string of the molecule is CCC(C)(N)CCOC(C)(C)CCC(=O)N1CCN(C(C)C)CC1. The molecule has 1 unspecified atom stereocenters. The highest BCUT2D eigenvalue weighted by Crippen LogP contribution is 2.20. The van der Waals surface area contributed by atoms with Crippen LogP contribution in [0.15, 0.2) is 0 Å². The number of nitrogens with zero attached hydrogens (tertiary/aromatic N) is 2. The van der Waals surface area contributed by atoms with E-state index in [1.54, 1.807) is 0 Å². The predicted octanol–water partition coefficient (Wildman–Crippen LogP) is 2.63. The molecule has 1 atom stereocenters. The summed E-state index contributed by atoms with van der Waals surface area (Å²) < 4.78 is 5.99. The van der Waals surface area contributed by atoms with Gasteiger partial charge in [0.05, 0.1) is 5.60 Å². The molecule has 1 amide bonds. The molecule has 0 saturated carbocycles. The van der Waals surface area contributed by atoms with Crippen molar-refractivity contribution in [2.45, 2.75) is 84.4 Å². The molecule has 0 aliphatic carbocycles. The summed E-state index contributed by atoms with van der Waals surface area (Å²) in [6.45, 7) is 17.0. The molecule has 1 aliphatic rings. The number of carbonyl (C=O) groups is 1. The Morgan fingerprint density at radius 2 is 1.71 bits per heavy atom. The van der Waals surface area contributed by atoms with Crippen molar-refractivity contribution in [2.24, 2.45) is 5.73 Å². The highest BCUT2D eigenvalue weighted by Gasteiger charge is 2.26. The van der Waals surface area contributed by atoms with Gasteiger partial charge in [-0.3, -0.25) is 9.69 Å². The molecule has 1 saturated heterocycles. The molecule has 2 N–H and O–H groups in total. The van der Waals surface area contributed by atoms with E-state index in [2.05, 4.69) is 46.4 Å². The van der Waals surface area contributed by atoms with Gasteiger partial charge in [0, 0.05) is 50.8 Å². The summed E-state index contributed by atoms with van der Waals surface area (Å²) in [7, 11) is 0. The Labute approximate surface area is 148 Å². The van der Waals surface area contributed by atoms with Gasteiger partial charge in [0.1, 0.15) is 0 Å². The zero-order valence-electron chi connectivity index (χ0n) is 16.7. The number of hydrogen-bond donors (Lipinski definition) is 1. The van der Waals surface area contributed by atoms with Gasteiger partial charge < -0.3 is 15.4 Å². The maximum absolute atomic E-state index is 12.4. The maximum Gasteiger partial charge on any atom is 0.222 e. The van der Waals surface area contributed by atoms with Crippen LogP contribution in [0.25, 0.3) is 0 Å². The Morgan fingerprint density at radius 1 is 1.12 bits per heavy atom. The van der Waals surface area contributed by atoms with E-state index in [0.717, 1.165) is 45.4 Å². The van der Waals surface area contributed by atoms with Crippen molar-refractivity contribution >= 4 is 5.91 Å². The Balaban J connectivity index is 2.30. The summed E-state index contributed by atoms with van der Waals surface area (Å²) >= 11 is 0. The van der Waals surface area contributed by atoms with Gasteiger partial charge in [0.15, 0.2) is 0 Å². The van der Waals surface area contributed by atoms with Crippen molar-refractivity contribution in [3.8, 4) is 0 Å². The average molecular weight is 342 g/mol. The monoisotopic (exact) mass is 341 g/mol. The van der Waals surface area contributed by atoms with E-state index in [1.807, 2.05) is 4.90 Å². The molecular formula is C19H39N3O2. The lowest BCUT2D eigenvalue weighted by Crippen LogP contribution is -2.50. The molecule has 0 aromatic carbocycles. The van der Waals surface area contributed by atoms with Crippen LogP contribution in [0.1, 0.15) is 67.2 Å². The minimum atomic E-state index is -0.279. The lowest BCUT2D eigenvalue weighted by molar-refractivity contribution is -0.135. The summed E-state index contributed by atoms with van der Waals surface area (Å²) in [5.41, 5.74) is 5.71. The van der Waals surface area contributed by atoms with Crippen molar-refractivity contribution < 1.29 is 9.53 Å². The first-order valence-corrected chi connectivity index (χ1v) is 9.51. The number of amides is 1. The third kappa shape index (κ3) is 7.49. The van der Waals surface area contributed by atoms with E-state index >= 15 is 0 Å². The Morgan fingerprint density at radius 3 is 2.21 bits per heavy atom. The van der Waals surface area contributed by atoms with Gasteiger partial charge in [-0.05, 0) is 53.9 Å². The van der Waals surface area contributed by atoms with Crippen molar-refractivity contribution in [1.82, 2.24) is 9.80 Å². The standard InChI is InChI=1S/C19H39N3O2/c1-7-19(6,20)10-15-24-18(4,5)9-8-17(23)22-13-11-21(12-14-22)16(2)3/h16H,7-15,20H2,1-6H3. The fourth-order valence-corrected chi connectivity index (χ4v) is 2.86. The van der Waals surface area contributed by atoms with Gasteiger partial charge in [-0.15, -0.1) is 0 Å². The van der Waals surface area contributed by atoms with Crippen LogP contribution in [0.3, 0.4) is 0 Å². The van der Waals surface area contributed by atoms with E-state index in [9.17, 15) is 4.79 Å². The summed E-state index contributed by atoms with van der Waals surface area (Å²) in [5, 5.41) is 0. The zero-order valence-corrected chi connectivity index (χ0v) is 16.7. The summed E-state index contributed by atoms with van der Waals surface area (Å²) in [6.07, 6.45) is 3.10. The van der Waals surface area contributed by atoms with Crippen LogP contribution in [-0.2, 0) is 9.53 Å². The lowest BCUT2D eigenvalue weighted by atomic mass is 9.96. The van der Waals surface area contributed by atoms with E-state index in [4.69, 9.17) is 10.5 Å². The summed E-state index contributed by atoms with van der Waals surface area (Å²) in [6, 6.07) is 0.561. The predicted molar refractivity (Wildman–Crippen MR) is 100 cm³/mol. The molecule has 0 aromatic rings. The molecular weight excluding hydrogens is 302 g/mol. The summed E-state index contributed by atoms with van der Waals surface area (Å²) in [5.74, 6) is 0.257. The Hall–Kier alpha value is -0.650. The molecule has 0 spiro atoms. The molecule has 1 aliphatic heterocycles. The molecule has 1 heterocycles. The number of ether oxygens (including phenoxy) is 1. The van der Waals surface area contributed by atoms with E-state index in [-0.39, 0.29) is 17.0 Å². The van der Waals surface area contributed by atoms with Crippen LogP contribution < -0.4 is 5.73 Å². The first-order valence-electron chi connectivity index (χ1n) is 9.51. The molecule has 0 radical (unpaired) electrons. The molecule has 0 bridgehead atoms. The van der Waals surface area contributed by atoms with Crippen LogP contribution in [0, 0.1) is 0 Å². The number of hydrogen-bond acceptors (Lipinski definition) is 4. The van der Waals surface area contributed by atoms with E-state index < -0.39 is 0 Å². The number of carbonyl (C=O) groups excluding carboxylic acids is 1. The van der Waals surface area contributed by atoms with Crippen LogP contribution in [0.2, 0.25) is 0 Å². The highest BCUT2D eigenvalue weighted by atomic mass is 16.5. The minimum absolute atomic E-state index is 0.165. The van der Waals surface area contributed by atoms with Gasteiger partial charge in [-0.1, -0.05) is 6.92 Å². The third-order valence-corrected chi connectivity index (χ3v) is 5.31. The number of rotatable bonds is 9. The smallest absolute Gasteiger partial charge is 0.222 e. The van der Waals surface area contributed by atoms with Crippen LogP contribution in [-0.4, -0.2) is 65.7 Å². The molecule has 5 nitrogen and oxygen atoms in total. The number of nitrogens with two attached hydrogens (primary N) is 1. The van der Waals surface area contributed by atoms with Gasteiger partial charge in [0.2, 0.25) is 5.91 Å². The van der Waals surface area contributed by atoms with Crippen molar-refractivity contribution in [2.75, 3.05) is 32.8 Å². The Bertz CT molecular complexity index is 386. The zero-order chi connectivity index (χ0) is 18.4. The third-order valence-electron chi connectivity index (χ3n) is 5.31. The van der Waals surface area contributed by atoms with Crippen LogP contribution >= 0.6 is 0 Å². The topological polar surface area (TPSA) is 58.8 Å². The quantitative estimate of drug-likeness (QED) is 0.700. The Kier molecular flexibility index (Phi) is 8.16. The van der Waals surface area contributed by atoms with Crippen molar-refractivity contribution in [1.29, 1.82) is 0 Å². The van der Waals surface area contributed by atoms with Crippen molar-refractivity contribution in [3.63, 3.8) is 0 Å². The second-order valence-corrected chi connectivity index (χ2v) is 8.38. The van der Waals surface area contributed by atoms with Crippen LogP contribution in [0.5, 0.6) is 0 Å². The lowest BCUT2D eigenvalue weighted by Gasteiger charge is -2.37. The molecule has 1 rings (SSSR count). The fourth-order valence-electron chi connectivity index (χ4n) is 2.86. The molecule has 24 heavy (non-hydrogen) atoms. The normalized spacial score (nSPS) is 19.6. The van der Waals surface area contributed by atoms with Crippen LogP contribution in [0.4, 0.5) is 0 Å². The summed E-state index contributed by atoms with van der Waals surface area (Å²) in [4.78, 5) is 16.9. The number of piperazine rings is 1. The largest absolute Gasteiger partial charge is 0.375 e. The van der Waals surface area contributed by atoms with Gasteiger partial charge in [0.25, 0.3) is 0 Å². The van der Waals surface area contributed by atoms with E-state index in [0.29, 0.717) is 19.1 Å². The van der Waals surface area contributed by atoms with Gasteiger partial charge in [-0.25, -0.2) is 0 Å². The van der Waals surface area contributed by atoms with E-state index in [1.165, 1.54) is 0 Å². The second-order valence-electron chi connectivity index (χ2n) is 8.38.